The summed E-state index contributed by atoms with van der Waals surface area (Å²) in [6.07, 6.45) is -3.61. The third-order valence-electron chi connectivity index (χ3n) is 1.51. The minimum atomic E-state index is -4.30. The molecule has 0 heterocycles. The van der Waals surface area contributed by atoms with Gasteiger partial charge in [0.25, 0.3) is 0 Å². The molecule has 0 aromatic heterocycles. The summed E-state index contributed by atoms with van der Waals surface area (Å²) in [4.78, 5) is 0. The van der Waals surface area contributed by atoms with Crippen molar-refractivity contribution in [2.75, 3.05) is 19.8 Å². The van der Waals surface area contributed by atoms with Crippen LogP contribution in [0.25, 0.3) is 0 Å². The summed E-state index contributed by atoms with van der Waals surface area (Å²) in [7, 11) is 0. The molecule has 1 N–H and O–H groups in total. The van der Waals surface area contributed by atoms with Crippen molar-refractivity contribution in [2.45, 2.75) is 19.0 Å². The molecule has 0 aromatic rings. The van der Waals surface area contributed by atoms with Gasteiger partial charge in [-0.2, -0.15) is 18.4 Å². The van der Waals surface area contributed by atoms with Gasteiger partial charge in [0, 0.05) is 6.61 Å². The summed E-state index contributed by atoms with van der Waals surface area (Å²) in [5.41, 5.74) is 0. The molecule has 1 atom stereocenters. The molecule has 0 aliphatic carbocycles. The molecule has 0 bridgehead atoms. The average Bonchev–Trinajstić information content (AvgIpc) is 2.09. The average molecular weight is 211 g/mol. The molecule has 0 spiro atoms. The van der Waals surface area contributed by atoms with Gasteiger partial charge in [-0.1, -0.05) is 0 Å². The highest BCUT2D eigenvalue weighted by molar-refractivity contribution is 4.81. The molecule has 6 heteroatoms. The lowest BCUT2D eigenvalue weighted by Crippen LogP contribution is -2.17. The van der Waals surface area contributed by atoms with Crippen molar-refractivity contribution in [1.29, 1.82) is 5.26 Å². The van der Waals surface area contributed by atoms with Gasteiger partial charge in [0.2, 0.25) is 0 Å². The lowest BCUT2D eigenvalue weighted by atomic mass is 10.1. The molecule has 0 aliphatic rings. The van der Waals surface area contributed by atoms with Crippen molar-refractivity contribution in [3.05, 3.63) is 0 Å². The van der Waals surface area contributed by atoms with Crippen LogP contribution in [-0.4, -0.2) is 31.1 Å². The van der Waals surface area contributed by atoms with Crippen LogP contribution in [0.1, 0.15) is 12.8 Å². The maximum absolute atomic E-state index is 11.6. The molecule has 0 saturated carbocycles. The van der Waals surface area contributed by atoms with Crippen molar-refractivity contribution in [3.63, 3.8) is 0 Å². The molecule has 0 amide bonds. The molecule has 0 aliphatic heterocycles. The van der Waals surface area contributed by atoms with Gasteiger partial charge in [0.05, 0.1) is 18.6 Å². The van der Waals surface area contributed by atoms with E-state index < -0.39 is 18.7 Å². The van der Waals surface area contributed by atoms with E-state index in [1.54, 1.807) is 0 Å². The lowest BCUT2D eigenvalue weighted by Gasteiger charge is -2.08. The molecule has 14 heavy (non-hydrogen) atoms. The monoisotopic (exact) mass is 211 g/mol. The molecule has 3 nitrogen and oxygen atoms in total. The normalized spacial score (nSPS) is 13.6. The van der Waals surface area contributed by atoms with Crippen LogP contribution in [0.3, 0.4) is 0 Å². The summed E-state index contributed by atoms with van der Waals surface area (Å²) in [6.45, 7) is -1.57. The zero-order valence-electron chi connectivity index (χ0n) is 7.55. The number of nitrogens with zero attached hydrogens (tertiary/aromatic N) is 1. The standard InChI is InChI=1S/C8H12F3NO2/c9-8(10,11)6-14-3-1-2-7(4-12)5-13/h7,13H,1-3,5-6H2. The molecular formula is C8H12F3NO2. The third kappa shape index (κ3) is 7.83. The first-order valence-electron chi connectivity index (χ1n) is 4.14. The minimum absolute atomic E-state index is 0.0440. The van der Waals surface area contributed by atoms with E-state index in [0.717, 1.165) is 0 Å². The van der Waals surface area contributed by atoms with Crippen LogP contribution >= 0.6 is 0 Å². The van der Waals surface area contributed by atoms with E-state index in [-0.39, 0.29) is 13.2 Å². The zero-order chi connectivity index (χ0) is 11.0. The van der Waals surface area contributed by atoms with Gasteiger partial charge in [-0.15, -0.1) is 0 Å². The Balaban J connectivity index is 3.35. The second kappa shape index (κ2) is 6.62. The van der Waals surface area contributed by atoms with Crippen LogP contribution in [0.5, 0.6) is 0 Å². The SMILES string of the molecule is N#CC(CO)CCCOCC(F)(F)F. The van der Waals surface area contributed by atoms with Gasteiger partial charge in [-0.3, -0.25) is 0 Å². The van der Waals surface area contributed by atoms with E-state index in [2.05, 4.69) is 4.74 Å². The number of hydrogen-bond donors (Lipinski definition) is 1. The molecule has 82 valence electrons. The van der Waals surface area contributed by atoms with E-state index in [9.17, 15) is 13.2 Å². The number of rotatable bonds is 6. The lowest BCUT2D eigenvalue weighted by molar-refractivity contribution is -0.174. The Morgan fingerprint density at radius 1 is 1.43 bits per heavy atom. The number of hydrogen-bond acceptors (Lipinski definition) is 3. The van der Waals surface area contributed by atoms with Crippen LogP contribution in [0, 0.1) is 17.2 Å². The Hall–Kier alpha value is -0.800. The van der Waals surface area contributed by atoms with Crippen molar-refractivity contribution in [3.8, 4) is 6.07 Å². The maximum atomic E-state index is 11.6. The van der Waals surface area contributed by atoms with Gasteiger partial charge in [-0.05, 0) is 12.8 Å². The molecule has 1 unspecified atom stereocenters. The first kappa shape index (κ1) is 13.2. The minimum Gasteiger partial charge on any atom is -0.395 e. The highest BCUT2D eigenvalue weighted by Crippen LogP contribution is 2.14. The quantitative estimate of drug-likeness (QED) is 0.677. The molecule has 0 radical (unpaired) electrons. The molecule has 0 saturated heterocycles. The number of ether oxygens (including phenoxy) is 1. The van der Waals surface area contributed by atoms with Gasteiger partial charge in [0.15, 0.2) is 0 Å². The second-order valence-electron chi connectivity index (χ2n) is 2.82. The Kier molecular flexibility index (Phi) is 6.25. The third-order valence-corrected chi connectivity index (χ3v) is 1.51. The summed E-state index contributed by atoms with van der Waals surface area (Å²) in [6, 6.07) is 1.83. The second-order valence-corrected chi connectivity index (χ2v) is 2.82. The highest BCUT2D eigenvalue weighted by atomic mass is 19.4. The highest BCUT2D eigenvalue weighted by Gasteiger charge is 2.27. The summed E-state index contributed by atoms with van der Waals surface area (Å²) in [5.74, 6) is -0.510. The Bertz CT molecular complexity index is 188. The van der Waals surface area contributed by atoms with Crippen molar-refractivity contribution in [2.24, 2.45) is 5.92 Å². The summed E-state index contributed by atoms with van der Waals surface area (Å²) >= 11 is 0. The molecule has 0 aromatic carbocycles. The number of nitriles is 1. The number of alkyl halides is 3. The van der Waals surface area contributed by atoms with Gasteiger partial charge in [-0.25, -0.2) is 0 Å². The van der Waals surface area contributed by atoms with Gasteiger partial charge < -0.3 is 9.84 Å². The van der Waals surface area contributed by atoms with Crippen LogP contribution in [-0.2, 0) is 4.74 Å². The predicted octanol–water partition coefficient (Wildman–Crippen LogP) is 1.48. The van der Waals surface area contributed by atoms with Crippen LogP contribution in [0.4, 0.5) is 13.2 Å². The number of halogens is 3. The van der Waals surface area contributed by atoms with E-state index in [4.69, 9.17) is 10.4 Å². The smallest absolute Gasteiger partial charge is 0.395 e. The van der Waals surface area contributed by atoms with Crippen LogP contribution in [0.2, 0.25) is 0 Å². The fourth-order valence-corrected chi connectivity index (χ4v) is 0.816. The molecule has 0 rings (SSSR count). The first-order chi connectivity index (χ1) is 6.49. The van der Waals surface area contributed by atoms with Gasteiger partial charge in [0.1, 0.15) is 6.61 Å². The van der Waals surface area contributed by atoms with E-state index in [0.29, 0.717) is 12.8 Å². The van der Waals surface area contributed by atoms with Crippen molar-refractivity contribution < 1.29 is 23.0 Å². The van der Waals surface area contributed by atoms with E-state index in [1.165, 1.54) is 0 Å². The summed E-state index contributed by atoms with van der Waals surface area (Å²) < 4.78 is 39.0. The number of aliphatic hydroxyl groups excluding tert-OH is 1. The largest absolute Gasteiger partial charge is 0.411 e. The van der Waals surface area contributed by atoms with Crippen LogP contribution < -0.4 is 0 Å². The first-order valence-corrected chi connectivity index (χ1v) is 4.14. The van der Waals surface area contributed by atoms with Gasteiger partial charge >= 0.3 is 6.18 Å². The maximum Gasteiger partial charge on any atom is 0.411 e. The van der Waals surface area contributed by atoms with Crippen molar-refractivity contribution >= 4 is 0 Å². The van der Waals surface area contributed by atoms with E-state index in [1.807, 2.05) is 6.07 Å². The van der Waals surface area contributed by atoms with Crippen molar-refractivity contribution in [1.82, 2.24) is 0 Å². The number of aliphatic hydroxyl groups is 1. The summed E-state index contributed by atoms with van der Waals surface area (Å²) in [5, 5.41) is 16.9. The molecular weight excluding hydrogens is 199 g/mol. The zero-order valence-corrected chi connectivity index (χ0v) is 7.55. The Labute approximate surface area is 80.1 Å². The topological polar surface area (TPSA) is 53.2 Å². The molecule has 0 fully saturated rings. The predicted molar refractivity (Wildman–Crippen MR) is 42.3 cm³/mol. The Morgan fingerprint density at radius 2 is 2.07 bits per heavy atom. The van der Waals surface area contributed by atoms with Crippen LogP contribution in [0.15, 0.2) is 0 Å². The fourth-order valence-electron chi connectivity index (χ4n) is 0.816. The van der Waals surface area contributed by atoms with E-state index >= 15 is 0 Å². The Morgan fingerprint density at radius 3 is 2.50 bits per heavy atom. The fraction of sp³-hybridized carbons (Fsp3) is 0.875.